The summed E-state index contributed by atoms with van der Waals surface area (Å²) >= 11 is 0. The molecule has 0 spiro atoms. The van der Waals surface area contributed by atoms with Crippen LogP contribution in [0.5, 0.6) is 5.75 Å². The van der Waals surface area contributed by atoms with Crippen molar-refractivity contribution in [1.29, 1.82) is 0 Å². The van der Waals surface area contributed by atoms with Gasteiger partial charge in [-0.05, 0) is 42.4 Å². The molecule has 3 heteroatoms. The van der Waals surface area contributed by atoms with Gasteiger partial charge >= 0.3 is 0 Å². The Balaban J connectivity index is 1.83. The zero-order valence-electron chi connectivity index (χ0n) is 12.3. The van der Waals surface area contributed by atoms with Gasteiger partial charge in [-0.3, -0.25) is 0 Å². The van der Waals surface area contributed by atoms with Crippen molar-refractivity contribution in [3.63, 3.8) is 0 Å². The third kappa shape index (κ3) is 2.64. The molecule has 0 bridgehead atoms. The van der Waals surface area contributed by atoms with Gasteiger partial charge in [-0.1, -0.05) is 36.4 Å². The van der Waals surface area contributed by atoms with Crippen LogP contribution in [-0.2, 0) is 10.8 Å². The lowest BCUT2D eigenvalue weighted by atomic mass is 10.1. The molecule has 3 rings (SSSR count). The Morgan fingerprint density at radius 1 is 0.950 bits per heavy atom. The van der Waals surface area contributed by atoms with Crippen LogP contribution in [0, 0.1) is 0 Å². The van der Waals surface area contributed by atoms with Crippen LogP contribution in [-0.4, -0.2) is 15.1 Å². The van der Waals surface area contributed by atoms with Crippen molar-refractivity contribution in [3.05, 3.63) is 53.6 Å². The minimum Gasteiger partial charge on any atom is -0.468 e. The number of rotatable bonds is 4. The highest BCUT2D eigenvalue weighted by atomic mass is 28.4. The normalized spacial score (nSPS) is 12.9. The molecule has 20 heavy (non-hydrogen) atoms. The second-order valence-electron chi connectivity index (χ2n) is 6.14. The molecule has 1 aliphatic carbocycles. The Hall–Kier alpha value is -1.58. The van der Waals surface area contributed by atoms with Crippen LogP contribution < -0.4 is 4.74 Å². The predicted octanol–water partition coefficient (Wildman–Crippen LogP) is 4.45. The zero-order valence-corrected chi connectivity index (χ0v) is 13.3. The van der Waals surface area contributed by atoms with Gasteiger partial charge < -0.3 is 9.16 Å². The first-order valence-electron chi connectivity index (χ1n) is 7.01. The average Bonchev–Trinajstić information content (AvgIpc) is 2.77. The van der Waals surface area contributed by atoms with Crippen LogP contribution in [0.25, 0.3) is 11.1 Å². The van der Waals surface area contributed by atoms with Crippen molar-refractivity contribution < 1.29 is 9.16 Å². The van der Waals surface area contributed by atoms with E-state index in [-0.39, 0.29) is 0 Å². The topological polar surface area (TPSA) is 18.5 Å². The third-order valence-electron chi connectivity index (χ3n) is 3.51. The highest BCUT2D eigenvalue weighted by Crippen LogP contribution is 2.40. The van der Waals surface area contributed by atoms with Gasteiger partial charge in [0.2, 0.25) is 0 Å². The summed E-state index contributed by atoms with van der Waals surface area (Å²) in [5.41, 5.74) is 5.29. The minimum atomic E-state index is -1.53. The highest BCUT2D eigenvalue weighted by molar-refractivity contribution is 6.69. The van der Waals surface area contributed by atoms with E-state index in [4.69, 9.17) is 9.16 Å². The summed E-state index contributed by atoms with van der Waals surface area (Å²) in [6.45, 7) is 6.85. The lowest BCUT2D eigenvalue weighted by Crippen LogP contribution is -2.27. The molecule has 2 nitrogen and oxygen atoms in total. The monoisotopic (exact) mass is 284 g/mol. The number of benzene rings is 2. The fourth-order valence-corrected chi connectivity index (χ4v) is 2.95. The van der Waals surface area contributed by atoms with Crippen LogP contribution in [0.2, 0.25) is 19.6 Å². The lowest BCUT2D eigenvalue weighted by Gasteiger charge is -2.18. The van der Waals surface area contributed by atoms with Gasteiger partial charge in [-0.2, -0.15) is 0 Å². The molecule has 0 atom stereocenters. The summed E-state index contributed by atoms with van der Waals surface area (Å²) in [4.78, 5) is 0. The predicted molar refractivity (Wildman–Crippen MR) is 84.6 cm³/mol. The molecule has 0 heterocycles. The standard InChI is InChI=1S/C17H20O2Si/c1-20(2,3)19-12-18-17-10-6-9-15-14-8-5-4-7-13(14)11-16(15)17/h4-10H,11-12H2,1-3H3. The molecule has 2 aromatic rings. The molecule has 0 N–H and O–H groups in total. The van der Waals surface area contributed by atoms with Gasteiger partial charge in [-0.15, -0.1) is 0 Å². The smallest absolute Gasteiger partial charge is 0.188 e. The lowest BCUT2D eigenvalue weighted by molar-refractivity contribution is 0.113. The molecule has 0 saturated heterocycles. The van der Waals surface area contributed by atoms with E-state index in [1.165, 1.54) is 22.3 Å². The molecule has 0 aromatic heterocycles. The van der Waals surface area contributed by atoms with Gasteiger partial charge in [0.25, 0.3) is 0 Å². The molecule has 0 fully saturated rings. The SMILES string of the molecule is C[Si](C)(C)OCOc1cccc2c1Cc1ccccc1-2. The molecular weight excluding hydrogens is 264 g/mol. The first kappa shape index (κ1) is 13.4. The van der Waals surface area contributed by atoms with Crippen molar-refractivity contribution in [2.45, 2.75) is 26.1 Å². The van der Waals surface area contributed by atoms with Crippen LogP contribution >= 0.6 is 0 Å². The fourth-order valence-electron chi connectivity index (χ4n) is 2.53. The molecule has 2 aromatic carbocycles. The Morgan fingerprint density at radius 3 is 2.50 bits per heavy atom. The van der Waals surface area contributed by atoms with Crippen molar-refractivity contribution >= 4 is 8.32 Å². The number of hydrogen-bond donors (Lipinski definition) is 0. The summed E-state index contributed by atoms with van der Waals surface area (Å²) in [6, 6.07) is 14.8. The average molecular weight is 284 g/mol. The molecule has 1 aliphatic rings. The second-order valence-corrected chi connectivity index (χ2v) is 10.6. The molecule has 104 valence electrons. The van der Waals surface area contributed by atoms with Crippen molar-refractivity contribution in [3.8, 4) is 16.9 Å². The van der Waals surface area contributed by atoms with Gasteiger partial charge in [0.1, 0.15) is 5.75 Å². The Kier molecular flexibility index (Phi) is 3.40. The molecule has 0 amide bonds. The van der Waals surface area contributed by atoms with Crippen molar-refractivity contribution in [1.82, 2.24) is 0 Å². The summed E-state index contributed by atoms with van der Waals surface area (Å²) in [5.74, 6) is 0.956. The number of fused-ring (bicyclic) bond motifs is 3. The van der Waals surface area contributed by atoms with Crippen molar-refractivity contribution in [2.24, 2.45) is 0 Å². The maximum Gasteiger partial charge on any atom is 0.188 e. The Bertz CT molecular complexity index is 629. The van der Waals surface area contributed by atoms with Gasteiger partial charge in [0.05, 0.1) is 0 Å². The summed E-state index contributed by atoms with van der Waals surface area (Å²) in [6.07, 6.45) is 0.953. The Labute approximate surface area is 121 Å². The largest absolute Gasteiger partial charge is 0.468 e. The molecule has 0 saturated carbocycles. The van der Waals surface area contributed by atoms with E-state index >= 15 is 0 Å². The van der Waals surface area contributed by atoms with E-state index in [0.29, 0.717) is 6.79 Å². The van der Waals surface area contributed by atoms with E-state index in [2.05, 4.69) is 56.0 Å². The maximum atomic E-state index is 5.87. The van der Waals surface area contributed by atoms with Crippen LogP contribution in [0.4, 0.5) is 0 Å². The van der Waals surface area contributed by atoms with E-state index in [1.54, 1.807) is 0 Å². The van der Waals surface area contributed by atoms with Crippen LogP contribution in [0.1, 0.15) is 11.1 Å². The van der Waals surface area contributed by atoms with E-state index < -0.39 is 8.32 Å². The minimum absolute atomic E-state index is 0.350. The first-order valence-corrected chi connectivity index (χ1v) is 10.4. The summed E-state index contributed by atoms with van der Waals surface area (Å²) < 4.78 is 11.7. The Morgan fingerprint density at radius 2 is 1.70 bits per heavy atom. The molecule has 0 unspecified atom stereocenters. The van der Waals surface area contributed by atoms with Gasteiger partial charge in [0.15, 0.2) is 15.1 Å². The second kappa shape index (κ2) is 5.07. The number of hydrogen-bond acceptors (Lipinski definition) is 2. The van der Waals surface area contributed by atoms with E-state index in [0.717, 1.165) is 12.2 Å². The molecular formula is C17H20O2Si. The first-order chi connectivity index (χ1) is 9.54. The van der Waals surface area contributed by atoms with Gasteiger partial charge in [0, 0.05) is 12.0 Å². The maximum absolute atomic E-state index is 5.87. The van der Waals surface area contributed by atoms with Gasteiger partial charge in [-0.25, -0.2) is 0 Å². The summed E-state index contributed by atoms with van der Waals surface area (Å²) in [7, 11) is -1.53. The fraction of sp³-hybridized carbons (Fsp3) is 0.294. The highest BCUT2D eigenvalue weighted by Gasteiger charge is 2.21. The van der Waals surface area contributed by atoms with Crippen molar-refractivity contribution in [2.75, 3.05) is 6.79 Å². The quantitative estimate of drug-likeness (QED) is 0.520. The zero-order chi connectivity index (χ0) is 14.2. The summed E-state index contributed by atoms with van der Waals surface area (Å²) in [5, 5.41) is 0. The molecule has 0 radical (unpaired) electrons. The molecule has 0 aliphatic heterocycles. The van der Waals surface area contributed by atoms with Crippen LogP contribution in [0.15, 0.2) is 42.5 Å². The van der Waals surface area contributed by atoms with Crippen LogP contribution in [0.3, 0.4) is 0 Å². The van der Waals surface area contributed by atoms with E-state index in [1.807, 2.05) is 6.07 Å². The number of ether oxygens (including phenoxy) is 1. The third-order valence-corrected chi connectivity index (χ3v) is 4.50. The van der Waals surface area contributed by atoms with E-state index in [9.17, 15) is 0 Å².